The lowest BCUT2D eigenvalue weighted by Crippen LogP contribution is -2.52. The number of piperidine rings is 1. The Balaban J connectivity index is 1.44. The van der Waals surface area contributed by atoms with Gasteiger partial charge in [0.1, 0.15) is 6.04 Å². The Labute approximate surface area is 228 Å². The van der Waals surface area contributed by atoms with Crippen molar-refractivity contribution in [1.29, 1.82) is 0 Å². The monoisotopic (exact) mass is 532 g/mol. The van der Waals surface area contributed by atoms with Crippen LogP contribution in [0.25, 0.3) is 11.1 Å². The van der Waals surface area contributed by atoms with E-state index < -0.39 is 12.1 Å². The molecule has 0 aliphatic carbocycles. The van der Waals surface area contributed by atoms with E-state index >= 15 is 0 Å². The summed E-state index contributed by atoms with van der Waals surface area (Å²) in [5, 5.41) is 6.30. The molecule has 198 valence electrons. The Hall–Kier alpha value is -3.84. The maximum Gasteiger partial charge on any atom is 0.316 e. The highest BCUT2D eigenvalue weighted by atomic mass is 35.5. The average Bonchev–Trinajstić information content (AvgIpc) is 2.91. The second kappa shape index (κ2) is 12.1. The first kappa shape index (κ1) is 27.2. The number of anilines is 1. The molecular weight excluding hydrogens is 500 g/mol. The van der Waals surface area contributed by atoms with Gasteiger partial charge in [0.2, 0.25) is 5.91 Å². The van der Waals surface area contributed by atoms with Crippen LogP contribution in [-0.4, -0.2) is 41.9 Å². The number of hydrogen-bond acceptors (Lipinski definition) is 3. The summed E-state index contributed by atoms with van der Waals surface area (Å²) >= 11 is 6.02. The quantitative estimate of drug-likeness (QED) is 0.365. The molecule has 1 aliphatic rings. The van der Waals surface area contributed by atoms with Gasteiger partial charge in [0.25, 0.3) is 5.91 Å². The van der Waals surface area contributed by atoms with Gasteiger partial charge in [-0.1, -0.05) is 67.9 Å². The molecule has 0 radical (unpaired) electrons. The highest BCUT2D eigenvalue weighted by Crippen LogP contribution is 2.30. The Morgan fingerprint density at radius 3 is 2.29 bits per heavy atom. The van der Waals surface area contributed by atoms with Gasteiger partial charge in [-0.3, -0.25) is 9.59 Å². The first-order valence-electron chi connectivity index (χ1n) is 12.8. The molecule has 1 heterocycles. The van der Waals surface area contributed by atoms with Gasteiger partial charge in [0.15, 0.2) is 0 Å². The van der Waals surface area contributed by atoms with E-state index in [0.717, 1.165) is 24.0 Å². The predicted octanol–water partition coefficient (Wildman–Crippen LogP) is 5.66. The highest BCUT2D eigenvalue weighted by molar-refractivity contribution is 6.30. The Bertz CT molecular complexity index is 1300. The van der Waals surface area contributed by atoms with E-state index in [9.17, 15) is 14.4 Å². The van der Waals surface area contributed by atoms with Crippen LogP contribution >= 0.6 is 11.6 Å². The zero-order chi connectivity index (χ0) is 27.2. The number of urea groups is 1. The molecule has 1 atom stereocenters. The summed E-state index contributed by atoms with van der Waals surface area (Å²) in [5.41, 5.74) is 9.01. The fraction of sp³-hybridized carbons (Fsp3) is 0.300. The summed E-state index contributed by atoms with van der Waals surface area (Å²) < 4.78 is 0. The standard InChI is InChI=1S/C30H33ClN4O3/c1-19(2)27(29(37)35-16-14-21(15-17-35)20-10-12-24(31)13-11-20)34-28(36)23-7-5-6-22(18-23)25-8-3-4-9-26(25)33-30(32)38/h3-13,18-19,21,27H,14-17H2,1-2H3,(H,34,36)(H3,32,33,38)/t27-/m1/s1. The van der Waals surface area contributed by atoms with Crippen LogP contribution in [0.15, 0.2) is 72.8 Å². The van der Waals surface area contributed by atoms with Gasteiger partial charge >= 0.3 is 6.03 Å². The number of benzene rings is 3. The van der Waals surface area contributed by atoms with Gasteiger partial charge in [0.05, 0.1) is 5.69 Å². The number of nitrogens with one attached hydrogen (secondary N) is 2. The smallest absolute Gasteiger partial charge is 0.316 e. The molecular formula is C30H33ClN4O3. The van der Waals surface area contributed by atoms with Crippen LogP contribution in [-0.2, 0) is 4.79 Å². The average molecular weight is 533 g/mol. The first-order chi connectivity index (χ1) is 18.2. The molecule has 4 N–H and O–H groups in total. The topological polar surface area (TPSA) is 105 Å². The maximum atomic E-state index is 13.5. The fourth-order valence-electron chi connectivity index (χ4n) is 4.91. The van der Waals surface area contributed by atoms with Crippen LogP contribution in [0.5, 0.6) is 0 Å². The number of nitrogens with two attached hydrogens (primary N) is 1. The lowest BCUT2D eigenvalue weighted by molar-refractivity contribution is -0.135. The van der Waals surface area contributed by atoms with E-state index in [1.807, 2.05) is 49.1 Å². The van der Waals surface area contributed by atoms with Crippen molar-refractivity contribution in [2.24, 2.45) is 11.7 Å². The summed E-state index contributed by atoms with van der Waals surface area (Å²) in [7, 11) is 0. The Morgan fingerprint density at radius 2 is 1.63 bits per heavy atom. The highest BCUT2D eigenvalue weighted by Gasteiger charge is 2.32. The summed E-state index contributed by atoms with van der Waals surface area (Å²) in [6, 6.07) is 20.9. The zero-order valence-electron chi connectivity index (χ0n) is 21.6. The van der Waals surface area contributed by atoms with E-state index in [1.54, 1.807) is 30.3 Å². The normalized spacial score (nSPS) is 14.7. The van der Waals surface area contributed by atoms with Crippen LogP contribution in [0, 0.1) is 5.92 Å². The van der Waals surface area contributed by atoms with E-state index in [1.165, 1.54) is 5.56 Å². The van der Waals surface area contributed by atoms with Crippen molar-refractivity contribution < 1.29 is 14.4 Å². The molecule has 1 fully saturated rings. The minimum Gasteiger partial charge on any atom is -0.351 e. The van der Waals surface area contributed by atoms with Crippen molar-refractivity contribution >= 4 is 35.1 Å². The first-order valence-corrected chi connectivity index (χ1v) is 13.2. The number of carbonyl (C=O) groups excluding carboxylic acids is 3. The number of para-hydroxylation sites is 1. The summed E-state index contributed by atoms with van der Waals surface area (Å²) in [4.78, 5) is 40.0. The van der Waals surface area contributed by atoms with Gasteiger partial charge in [-0.15, -0.1) is 0 Å². The molecule has 0 saturated carbocycles. The van der Waals surface area contributed by atoms with Gasteiger partial charge in [-0.25, -0.2) is 4.79 Å². The lowest BCUT2D eigenvalue weighted by atomic mass is 9.89. The molecule has 8 heteroatoms. The van der Waals surface area contributed by atoms with Crippen molar-refractivity contribution in [3.63, 3.8) is 0 Å². The number of nitrogens with zero attached hydrogens (tertiary/aromatic N) is 1. The van der Waals surface area contributed by atoms with Crippen LogP contribution < -0.4 is 16.4 Å². The van der Waals surface area contributed by atoms with Crippen LogP contribution in [0.4, 0.5) is 10.5 Å². The van der Waals surface area contributed by atoms with Crippen LogP contribution in [0.1, 0.15) is 48.5 Å². The second-order valence-electron chi connectivity index (χ2n) is 9.96. The molecule has 0 unspecified atom stereocenters. The van der Waals surface area contributed by atoms with Crippen LogP contribution in [0.2, 0.25) is 5.02 Å². The summed E-state index contributed by atoms with van der Waals surface area (Å²) in [6.07, 6.45) is 1.74. The fourth-order valence-corrected chi connectivity index (χ4v) is 5.03. The molecule has 38 heavy (non-hydrogen) atoms. The molecule has 4 rings (SSSR count). The largest absolute Gasteiger partial charge is 0.351 e. The van der Waals surface area contributed by atoms with Crippen molar-refractivity contribution in [3.05, 3.63) is 88.9 Å². The van der Waals surface area contributed by atoms with Crippen molar-refractivity contribution in [2.75, 3.05) is 18.4 Å². The minimum atomic E-state index is -0.665. The molecule has 0 aromatic heterocycles. The van der Waals surface area contributed by atoms with Crippen molar-refractivity contribution in [1.82, 2.24) is 10.2 Å². The molecule has 4 amide bonds. The zero-order valence-corrected chi connectivity index (χ0v) is 22.4. The van der Waals surface area contributed by atoms with E-state index in [4.69, 9.17) is 17.3 Å². The molecule has 0 bridgehead atoms. The van der Waals surface area contributed by atoms with E-state index in [2.05, 4.69) is 22.8 Å². The molecule has 0 spiro atoms. The molecule has 1 saturated heterocycles. The van der Waals surface area contributed by atoms with Crippen molar-refractivity contribution in [3.8, 4) is 11.1 Å². The molecule has 1 aliphatic heterocycles. The Morgan fingerprint density at radius 1 is 0.947 bits per heavy atom. The van der Waals surface area contributed by atoms with Gasteiger partial charge in [-0.2, -0.15) is 0 Å². The number of carbonyl (C=O) groups is 3. The van der Waals surface area contributed by atoms with Gasteiger partial charge in [0, 0.05) is 29.2 Å². The third kappa shape index (κ3) is 6.53. The molecule has 3 aromatic rings. The third-order valence-electron chi connectivity index (χ3n) is 6.99. The van der Waals surface area contributed by atoms with Gasteiger partial charge < -0.3 is 21.3 Å². The molecule has 7 nitrogen and oxygen atoms in total. The third-order valence-corrected chi connectivity index (χ3v) is 7.24. The predicted molar refractivity (Wildman–Crippen MR) is 151 cm³/mol. The molecule has 3 aromatic carbocycles. The number of hydrogen-bond donors (Lipinski definition) is 3. The lowest BCUT2D eigenvalue weighted by Gasteiger charge is -2.35. The van der Waals surface area contributed by atoms with Crippen LogP contribution in [0.3, 0.4) is 0 Å². The number of likely N-dealkylation sites (tertiary alicyclic amines) is 1. The number of halogens is 1. The van der Waals surface area contributed by atoms with E-state index in [0.29, 0.717) is 35.3 Å². The number of primary amides is 1. The van der Waals surface area contributed by atoms with Gasteiger partial charge in [-0.05, 0) is 66.1 Å². The maximum absolute atomic E-state index is 13.5. The van der Waals surface area contributed by atoms with E-state index in [-0.39, 0.29) is 17.7 Å². The second-order valence-corrected chi connectivity index (χ2v) is 10.4. The SMILES string of the molecule is CC(C)[C@@H](NC(=O)c1cccc(-c2ccccc2NC(N)=O)c1)C(=O)N1CCC(c2ccc(Cl)cc2)CC1. The minimum absolute atomic E-state index is 0.0601. The summed E-state index contributed by atoms with van der Waals surface area (Å²) in [5.74, 6) is -0.0763. The Kier molecular flexibility index (Phi) is 8.69. The number of rotatable bonds is 7. The summed E-state index contributed by atoms with van der Waals surface area (Å²) in [6.45, 7) is 5.16. The number of amides is 4. The van der Waals surface area contributed by atoms with Crippen molar-refractivity contribution in [2.45, 2.75) is 38.6 Å².